The van der Waals surface area contributed by atoms with Gasteiger partial charge in [0.15, 0.2) is 0 Å². The van der Waals surface area contributed by atoms with Crippen molar-refractivity contribution >= 4 is 28.7 Å². The summed E-state index contributed by atoms with van der Waals surface area (Å²) < 4.78 is 4.66. The van der Waals surface area contributed by atoms with Gasteiger partial charge in [-0.05, 0) is 60.0 Å². The number of carbonyl (C=O) groups is 2. The summed E-state index contributed by atoms with van der Waals surface area (Å²) >= 11 is 0. The van der Waals surface area contributed by atoms with Crippen LogP contribution >= 0.6 is 0 Å². The van der Waals surface area contributed by atoms with E-state index in [1.807, 2.05) is 37.3 Å². The molecule has 0 spiro atoms. The number of rotatable bonds is 8. The SMILES string of the molecule is CCNC(=O)Nc1cc2c(-c3ccnc(CCCO)c3)ccc(CNC(=O)OC)c2cn1. The van der Waals surface area contributed by atoms with Gasteiger partial charge in [-0.1, -0.05) is 12.1 Å². The number of anilines is 1. The zero-order chi connectivity index (χ0) is 22.9. The lowest BCUT2D eigenvalue weighted by Gasteiger charge is -2.14. The molecule has 32 heavy (non-hydrogen) atoms. The number of nitrogens with zero attached hydrogens (tertiary/aromatic N) is 2. The smallest absolute Gasteiger partial charge is 0.407 e. The molecule has 0 bridgehead atoms. The standard InChI is InChI=1S/C23H27N5O4/c1-3-24-22(30)28-21-12-19-18(15-8-9-25-17(11-15)5-4-10-29)7-6-16(20(19)14-26-21)13-27-23(31)32-2/h6-9,11-12,14,29H,3-5,10,13H2,1-2H3,(H,27,31)(H2,24,26,28,30). The second-order valence-corrected chi connectivity index (χ2v) is 7.08. The van der Waals surface area contributed by atoms with E-state index in [0.29, 0.717) is 25.2 Å². The second kappa shape index (κ2) is 11.1. The molecule has 3 amide bonds. The van der Waals surface area contributed by atoms with E-state index in [9.17, 15) is 9.59 Å². The van der Waals surface area contributed by atoms with Gasteiger partial charge < -0.3 is 20.5 Å². The molecular formula is C23H27N5O4. The summed E-state index contributed by atoms with van der Waals surface area (Å²) in [4.78, 5) is 32.3. The Labute approximate surface area is 186 Å². The minimum Gasteiger partial charge on any atom is -0.453 e. The van der Waals surface area contributed by atoms with Crippen LogP contribution in [0.4, 0.5) is 15.4 Å². The van der Waals surface area contributed by atoms with Gasteiger partial charge in [0.25, 0.3) is 0 Å². The fraction of sp³-hybridized carbons (Fsp3) is 0.304. The quantitative estimate of drug-likeness (QED) is 0.429. The molecule has 0 fully saturated rings. The number of benzene rings is 1. The zero-order valence-corrected chi connectivity index (χ0v) is 18.1. The number of methoxy groups -OCH3 is 1. The molecule has 2 aromatic heterocycles. The number of alkyl carbamates (subject to hydrolysis) is 1. The van der Waals surface area contributed by atoms with Crippen LogP contribution in [0, 0.1) is 0 Å². The number of aliphatic hydroxyl groups is 1. The monoisotopic (exact) mass is 437 g/mol. The van der Waals surface area contributed by atoms with Crippen molar-refractivity contribution in [1.82, 2.24) is 20.6 Å². The van der Waals surface area contributed by atoms with Crippen molar-refractivity contribution in [2.24, 2.45) is 0 Å². The van der Waals surface area contributed by atoms with Crippen molar-refractivity contribution in [2.45, 2.75) is 26.3 Å². The molecule has 1 aromatic carbocycles. The van der Waals surface area contributed by atoms with E-state index in [1.165, 1.54) is 7.11 Å². The Kier molecular flexibility index (Phi) is 7.93. The van der Waals surface area contributed by atoms with Gasteiger partial charge in [0, 0.05) is 43.2 Å². The molecule has 0 aliphatic carbocycles. The van der Waals surface area contributed by atoms with Gasteiger partial charge in [0.2, 0.25) is 0 Å². The number of hydrogen-bond acceptors (Lipinski definition) is 6. The third kappa shape index (κ3) is 5.70. The average Bonchev–Trinajstić information content (AvgIpc) is 2.81. The Morgan fingerprint density at radius 3 is 2.69 bits per heavy atom. The van der Waals surface area contributed by atoms with Gasteiger partial charge in [-0.15, -0.1) is 0 Å². The van der Waals surface area contributed by atoms with Crippen LogP contribution in [-0.4, -0.2) is 47.5 Å². The third-order valence-electron chi connectivity index (χ3n) is 4.90. The highest BCUT2D eigenvalue weighted by Gasteiger charge is 2.13. The average molecular weight is 438 g/mol. The number of fused-ring (bicyclic) bond motifs is 1. The number of carbonyl (C=O) groups excluding carboxylic acids is 2. The van der Waals surface area contributed by atoms with E-state index < -0.39 is 6.09 Å². The number of aromatic nitrogens is 2. The fourth-order valence-electron chi connectivity index (χ4n) is 3.38. The van der Waals surface area contributed by atoms with Crippen LogP contribution in [0.15, 0.2) is 42.7 Å². The normalized spacial score (nSPS) is 10.6. The summed E-state index contributed by atoms with van der Waals surface area (Å²) in [6, 6.07) is 9.29. The number of urea groups is 1. The van der Waals surface area contributed by atoms with Crippen LogP contribution in [-0.2, 0) is 17.7 Å². The molecule has 0 radical (unpaired) electrons. The lowest BCUT2D eigenvalue weighted by molar-refractivity contribution is 0.170. The minimum absolute atomic E-state index is 0.108. The summed E-state index contributed by atoms with van der Waals surface area (Å²) in [5.74, 6) is 0.414. The first-order valence-corrected chi connectivity index (χ1v) is 10.4. The molecule has 0 saturated carbocycles. The number of nitrogens with one attached hydrogen (secondary N) is 3. The van der Waals surface area contributed by atoms with Crippen LogP contribution in [0.2, 0.25) is 0 Å². The summed E-state index contributed by atoms with van der Waals surface area (Å²) in [5.41, 5.74) is 3.65. The topological polar surface area (TPSA) is 125 Å². The Hall–Kier alpha value is -3.72. The minimum atomic E-state index is -0.521. The van der Waals surface area contributed by atoms with Crippen LogP contribution in [0.5, 0.6) is 0 Å². The molecule has 9 nitrogen and oxygen atoms in total. The number of pyridine rings is 2. The third-order valence-corrected chi connectivity index (χ3v) is 4.90. The summed E-state index contributed by atoms with van der Waals surface area (Å²) in [6.07, 6.45) is 4.22. The number of hydrogen-bond donors (Lipinski definition) is 4. The highest BCUT2D eigenvalue weighted by Crippen LogP contribution is 2.32. The van der Waals surface area contributed by atoms with E-state index in [0.717, 1.165) is 33.2 Å². The van der Waals surface area contributed by atoms with E-state index in [4.69, 9.17) is 5.11 Å². The largest absolute Gasteiger partial charge is 0.453 e. The maximum atomic E-state index is 12.0. The Bertz CT molecular complexity index is 1100. The van der Waals surface area contributed by atoms with Gasteiger partial charge in [0.1, 0.15) is 5.82 Å². The first kappa shape index (κ1) is 23.0. The lowest BCUT2D eigenvalue weighted by Crippen LogP contribution is -2.28. The maximum absolute atomic E-state index is 12.0. The van der Waals surface area contributed by atoms with Crippen molar-refractivity contribution < 1.29 is 19.4 Å². The van der Waals surface area contributed by atoms with Crippen molar-refractivity contribution in [3.05, 3.63) is 54.0 Å². The molecular weight excluding hydrogens is 410 g/mol. The van der Waals surface area contributed by atoms with Crippen molar-refractivity contribution in [3.8, 4) is 11.1 Å². The molecule has 0 aliphatic heterocycles. The number of ether oxygens (including phenoxy) is 1. The first-order valence-electron chi connectivity index (χ1n) is 10.4. The van der Waals surface area contributed by atoms with E-state index in [1.54, 1.807) is 12.4 Å². The summed E-state index contributed by atoms with van der Waals surface area (Å²) in [5, 5.41) is 19.0. The van der Waals surface area contributed by atoms with Gasteiger partial charge in [-0.25, -0.2) is 14.6 Å². The number of aryl methyl sites for hydroxylation is 1. The molecule has 0 aliphatic rings. The molecule has 0 atom stereocenters. The Morgan fingerprint density at radius 2 is 1.94 bits per heavy atom. The Balaban J connectivity index is 2.06. The van der Waals surface area contributed by atoms with E-state index in [2.05, 4.69) is 30.7 Å². The molecule has 0 saturated heterocycles. The van der Waals surface area contributed by atoms with Crippen LogP contribution in [0.3, 0.4) is 0 Å². The predicted octanol–water partition coefficient (Wildman–Crippen LogP) is 3.22. The van der Waals surface area contributed by atoms with Crippen LogP contribution in [0.1, 0.15) is 24.6 Å². The highest BCUT2D eigenvalue weighted by atomic mass is 16.5. The molecule has 0 unspecified atom stereocenters. The van der Waals surface area contributed by atoms with E-state index in [-0.39, 0.29) is 19.2 Å². The van der Waals surface area contributed by atoms with Gasteiger partial charge in [0.05, 0.1) is 7.11 Å². The molecule has 3 aromatic rings. The van der Waals surface area contributed by atoms with Gasteiger partial charge >= 0.3 is 12.1 Å². The van der Waals surface area contributed by atoms with Crippen molar-refractivity contribution in [3.63, 3.8) is 0 Å². The molecule has 3 rings (SSSR count). The van der Waals surface area contributed by atoms with Crippen LogP contribution in [0.25, 0.3) is 21.9 Å². The zero-order valence-electron chi connectivity index (χ0n) is 18.1. The lowest BCUT2D eigenvalue weighted by atomic mass is 9.96. The number of amides is 3. The maximum Gasteiger partial charge on any atom is 0.407 e. The van der Waals surface area contributed by atoms with Gasteiger partial charge in [-0.2, -0.15) is 0 Å². The molecule has 4 N–H and O–H groups in total. The van der Waals surface area contributed by atoms with E-state index >= 15 is 0 Å². The van der Waals surface area contributed by atoms with Crippen molar-refractivity contribution in [1.29, 1.82) is 0 Å². The highest BCUT2D eigenvalue weighted by molar-refractivity contribution is 6.01. The Morgan fingerprint density at radius 1 is 1.09 bits per heavy atom. The van der Waals surface area contributed by atoms with Crippen LogP contribution < -0.4 is 16.0 Å². The molecule has 9 heteroatoms. The summed E-state index contributed by atoms with van der Waals surface area (Å²) in [7, 11) is 1.31. The van der Waals surface area contributed by atoms with Gasteiger partial charge in [-0.3, -0.25) is 10.3 Å². The fourth-order valence-corrected chi connectivity index (χ4v) is 3.38. The molecule has 168 valence electrons. The predicted molar refractivity (Wildman–Crippen MR) is 122 cm³/mol. The first-order chi connectivity index (χ1) is 15.5. The second-order valence-electron chi connectivity index (χ2n) is 7.08. The number of aliphatic hydroxyl groups excluding tert-OH is 1. The van der Waals surface area contributed by atoms with Crippen molar-refractivity contribution in [2.75, 3.05) is 25.6 Å². The summed E-state index contributed by atoms with van der Waals surface area (Å²) in [6.45, 7) is 2.72. The molecule has 2 heterocycles.